The lowest BCUT2D eigenvalue weighted by atomic mass is 10.3. The third kappa shape index (κ3) is 3.68. The van der Waals surface area contributed by atoms with Crippen LogP contribution in [0.25, 0.3) is 0 Å². The van der Waals surface area contributed by atoms with Gasteiger partial charge in [-0.2, -0.15) is 0 Å². The van der Waals surface area contributed by atoms with Crippen molar-refractivity contribution >= 4 is 17.5 Å². The van der Waals surface area contributed by atoms with Crippen molar-refractivity contribution in [3.63, 3.8) is 0 Å². The van der Waals surface area contributed by atoms with Gasteiger partial charge in [-0.05, 0) is 30.7 Å². The Bertz CT molecular complexity index is 584. The van der Waals surface area contributed by atoms with Gasteiger partial charge < -0.3 is 15.2 Å². The molecule has 0 aliphatic carbocycles. The van der Waals surface area contributed by atoms with Gasteiger partial charge >= 0.3 is 5.97 Å². The number of carboxylic acid groups (broad SMARTS) is 1. The van der Waals surface area contributed by atoms with Gasteiger partial charge in [0.2, 0.25) is 0 Å². The van der Waals surface area contributed by atoms with Crippen molar-refractivity contribution in [1.82, 2.24) is 9.97 Å². The highest BCUT2D eigenvalue weighted by molar-refractivity contribution is 5.85. The lowest BCUT2D eigenvalue weighted by molar-refractivity contribution is 0.0690. The Morgan fingerprint density at radius 2 is 2.05 bits per heavy atom. The van der Waals surface area contributed by atoms with Crippen LogP contribution in [0.2, 0.25) is 0 Å². The highest BCUT2D eigenvalue weighted by Crippen LogP contribution is 2.18. The van der Waals surface area contributed by atoms with Gasteiger partial charge in [-0.1, -0.05) is 6.92 Å². The number of rotatable bonds is 6. The zero-order valence-electron chi connectivity index (χ0n) is 11.0. The first-order chi connectivity index (χ1) is 9.69. The summed E-state index contributed by atoms with van der Waals surface area (Å²) in [5.41, 5.74) is 0.684. The fourth-order valence-corrected chi connectivity index (χ4v) is 1.53. The molecule has 0 fully saturated rings. The Balaban J connectivity index is 2.06. The number of hydrogen-bond acceptors (Lipinski definition) is 5. The van der Waals surface area contributed by atoms with E-state index in [4.69, 9.17) is 9.84 Å². The van der Waals surface area contributed by atoms with Gasteiger partial charge in [0, 0.05) is 5.69 Å². The molecule has 0 unspecified atom stereocenters. The van der Waals surface area contributed by atoms with Gasteiger partial charge in [-0.15, -0.1) is 0 Å². The average molecular weight is 273 g/mol. The van der Waals surface area contributed by atoms with Gasteiger partial charge in [0.05, 0.1) is 19.0 Å². The molecule has 1 aromatic heterocycles. The molecule has 0 atom stereocenters. The molecule has 0 aliphatic rings. The summed E-state index contributed by atoms with van der Waals surface area (Å²) in [6, 6.07) is 7.35. The van der Waals surface area contributed by atoms with Crippen molar-refractivity contribution in [2.24, 2.45) is 0 Å². The van der Waals surface area contributed by atoms with Gasteiger partial charge in [-0.3, -0.25) is 4.98 Å². The summed E-state index contributed by atoms with van der Waals surface area (Å²) in [5.74, 6) is 0.0689. The maximum Gasteiger partial charge on any atom is 0.356 e. The summed E-state index contributed by atoms with van der Waals surface area (Å²) in [5, 5.41) is 11.8. The Hall–Kier alpha value is -2.63. The van der Waals surface area contributed by atoms with Crippen LogP contribution < -0.4 is 10.1 Å². The van der Waals surface area contributed by atoms with Crippen LogP contribution in [0.15, 0.2) is 36.7 Å². The zero-order valence-corrected chi connectivity index (χ0v) is 11.0. The number of hydrogen-bond donors (Lipinski definition) is 2. The second-order valence-electron chi connectivity index (χ2n) is 4.09. The normalized spacial score (nSPS) is 10.1. The predicted octanol–water partition coefficient (Wildman–Crippen LogP) is 2.71. The molecule has 0 bridgehead atoms. The highest BCUT2D eigenvalue weighted by atomic mass is 16.5. The topological polar surface area (TPSA) is 84.3 Å². The zero-order chi connectivity index (χ0) is 14.4. The summed E-state index contributed by atoms with van der Waals surface area (Å²) in [6.45, 7) is 2.73. The van der Waals surface area contributed by atoms with Gasteiger partial charge in [0.15, 0.2) is 5.69 Å². The van der Waals surface area contributed by atoms with E-state index in [-0.39, 0.29) is 5.69 Å². The molecule has 2 N–H and O–H groups in total. The van der Waals surface area contributed by atoms with Crippen molar-refractivity contribution in [2.75, 3.05) is 11.9 Å². The number of ether oxygens (including phenoxy) is 1. The largest absolute Gasteiger partial charge is 0.494 e. The molecule has 0 saturated carbocycles. The fraction of sp³-hybridized carbons (Fsp3) is 0.214. The van der Waals surface area contributed by atoms with E-state index >= 15 is 0 Å². The first-order valence-electron chi connectivity index (χ1n) is 6.24. The summed E-state index contributed by atoms with van der Waals surface area (Å²) in [4.78, 5) is 18.6. The predicted molar refractivity (Wildman–Crippen MR) is 74.5 cm³/mol. The summed E-state index contributed by atoms with van der Waals surface area (Å²) >= 11 is 0. The van der Waals surface area contributed by atoms with E-state index in [9.17, 15) is 4.79 Å². The first kappa shape index (κ1) is 13.8. The Morgan fingerprint density at radius 3 is 2.70 bits per heavy atom. The quantitative estimate of drug-likeness (QED) is 0.841. The molecule has 1 aromatic carbocycles. The fourth-order valence-electron chi connectivity index (χ4n) is 1.53. The molecule has 0 saturated heterocycles. The number of aromatic carboxylic acids is 1. The number of nitrogens with one attached hydrogen (secondary N) is 1. The third-order valence-electron chi connectivity index (χ3n) is 2.45. The van der Waals surface area contributed by atoms with Crippen molar-refractivity contribution in [1.29, 1.82) is 0 Å². The van der Waals surface area contributed by atoms with Crippen molar-refractivity contribution in [2.45, 2.75) is 13.3 Å². The van der Waals surface area contributed by atoms with Crippen LogP contribution >= 0.6 is 0 Å². The second-order valence-corrected chi connectivity index (χ2v) is 4.09. The Kier molecular flexibility index (Phi) is 4.49. The van der Waals surface area contributed by atoms with Crippen LogP contribution in [-0.4, -0.2) is 27.7 Å². The lowest BCUT2D eigenvalue weighted by Crippen LogP contribution is -2.04. The minimum Gasteiger partial charge on any atom is -0.494 e. The maximum atomic E-state index is 10.8. The second kappa shape index (κ2) is 6.51. The number of nitrogens with zero attached hydrogens (tertiary/aromatic N) is 2. The molecule has 0 radical (unpaired) electrons. The van der Waals surface area contributed by atoms with Crippen LogP contribution in [0.1, 0.15) is 23.8 Å². The minimum atomic E-state index is -1.11. The number of anilines is 2. The Labute approximate surface area is 116 Å². The van der Waals surface area contributed by atoms with E-state index in [0.29, 0.717) is 12.4 Å². The molecule has 2 aromatic rings. The van der Waals surface area contributed by atoms with E-state index < -0.39 is 5.97 Å². The smallest absolute Gasteiger partial charge is 0.356 e. The van der Waals surface area contributed by atoms with E-state index in [1.807, 2.05) is 31.2 Å². The van der Waals surface area contributed by atoms with Crippen LogP contribution in [0.3, 0.4) is 0 Å². The van der Waals surface area contributed by atoms with Crippen molar-refractivity contribution < 1.29 is 14.6 Å². The molecule has 0 amide bonds. The van der Waals surface area contributed by atoms with E-state index in [1.165, 1.54) is 12.4 Å². The molecule has 104 valence electrons. The van der Waals surface area contributed by atoms with Crippen molar-refractivity contribution in [3.05, 3.63) is 42.4 Å². The molecule has 0 spiro atoms. The van der Waals surface area contributed by atoms with Crippen LogP contribution in [0, 0.1) is 0 Å². The lowest BCUT2D eigenvalue weighted by Gasteiger charge is -2.08. The first-order valence-corrected chi connectivity index (χ1v) is 6.24. The molecule has 1 heterocycles. The van der Waals surface area contributed by atoms with Crippen LogP contribution in [0.4, 0.5) is 11.5 Å². The third-order valence-corrected chi connectivity index (χ3v) is 2.45. The molecular weight excluding hydrogens is 258 g/mol. The van der Waals surface area contributed by atoms with E-state index in [0.717, 1.165) is 17.9 Å². The van der Waals surface area contributed by atoms with Gasteiger partial charge in [0.25, 0.3) is 0 Å². The SMILES string of the molecule is CCCOc1ccc(Nc2cncc(C(=O)O)n2)cc1. The molecule has 20 heavy (non-hydrogen) atoms. The maximum absolute atomic E-state index is 10.8. The summed E-state index contributed by atoms with van der Waals surface area (Å²) in [7, 11) is 0. The number of carbonyl (C=O) groups is 1. The summed E-state index contributed by atoms with van der Waals surface area (Å²) in [6.07, 6.45) is 3.63. The van der Waals surface area contributed by atoms with Crippen LogP contribution in [0.5, 0.6) is 5.75 Å². The number of aromatic nitrogens is 2. The minimum absolute atomic E-state index is 0.0992. The molecule has 6 heteroatoms. The van der Waals surface area contributed by atoms with Crippen LogP contribution in [-0.2, 0) is 0 Å². The molecule has 0 aliphatic heterocycles. The average Bonchev–Trinajstić information content (AvgIpc) is 2.47. The summed E-state index contributed by atoms with van der Waals surface area (Å²) < 4.78 is 5.48. The van der Waals surface area contributed by atoms with Gasteiger partial charge in [0.1, 0.15) is 11.6 Å². The molecule has 6 nitrogen and oxygen atoms in total. The van der Waals surface area contributed by atoms with Gasteiger partial charge in [-0.25, -0.2) is 9.78 Å². The molecule has 2 rings (SSSR count). The monoisotopic (exact) mass is 273 g/mol. The Morgan fingerprint density at radius 1 is 1.30 bits per heavy atom. The molecular formula is C14H15N3O3. The standard InChI is InChI=1S/C14H15N3O3/c1-2-7-20-11-5-3-10(4-6-11)16-13-9-15-8-12(17-13)14(18)19/h3-6,8-9H,2,7H2,1H3,(H,16,17)(H,18,19). The highest BCUT2D eigenvalue weighted by Gasteiger charge is 2.06. The van der Waals surface area contributed by atoms with E-state index in [2.05, 4.69) is 15.3 Å². The van der Waals surface area contributed by atoms with E-state index in [1.54, 1.807) is 0 Å². The number of carboxylic acids is 1. The van der Waals surface area contributed by atoms with Crippen molar-refractivity contribution in [3.8, 4) is 5.75 Å². The number of benzene rings is 1.